The number of nitro groups is 1. The number of benzene rings is 1. The van der Waals surface area contributed by atoms with Crippen LogP contribution in [-0.2, 0) is 11.3 Å². The standard InChI is InChI=1S/C12H12N4O5/c1-12(19,11(17)18)6-15-7-13-10(14-15)8-3-2-4-9(5-8)16(20)21/h2-5,7,19H,6H2,1H3,(H,17,18). The molecule has 110 valence electrons. The first kappa shape index (κ1) is 14.6. The van der Waals surface area contributed by atoms with E-state index in [1.54, 1.807) is 6.07 Å². The topological polar surface area (TPSA) is 131 Å². The lowest BCUT2D eigenvalue weighted by atomic mass is 10.1. The fourth-order valence-corrected chi connectivity index (χ4v) is 1.64. The van der Waals surface area contributed by atoms with Crippen LogP contribution in [0.15, 0.2) is 30.6 Å². The van der Waals surface area contributed by atoms with Crippen LogP contribution in [0.4, 0.5) is 5.69 Å². The van der Waals surface area contributed by atoms with Crippen molar-refractivity contribution in [2.45, 2.75) is 19.1 Å². The van der Waals surface area contributed by atoms with Crippen molar-refractivity contribution < 1.29 is 19.9 Å². The van der Waals surface area contributed by atoms with Crippen molar-refractivity contribution in [2.75, 3.05) is 0 Å². The van der Waals surface area contributed by atoms with Gasteiger partial charge in [-0.2, -0.15) is 5.10 Å². The van der Waals surface area contributed by atoms with Gasteiger partial charge in [-0.15, -0.1) is 0 Å². The molecule has 0 bridgehead atoms. The Morgan fingerprint density at radius 3 is 2.86 bits per heavy atom. The first-order chi connectivity index (χ1) is 9.79. The molecule has 2 rings (SSSR count). The third-order valence-corrected chi connectivity index (χ3v) is 2.78. The first-order valence-electron chi connectivity index (χ1n) is 5.89. The SMILES string of the molecule is CC(O)(Cn1cnc(-c2cccc([N+](=O)[O-])c2)n1)C(=O)O. The third-order valence-electron chi connectivity index (χ3n) is 2.78. The molecule has 21 heavy (non-hydrogen) atoms. The average molecular weight is 292 g/mol. The Hall–Kier alpha value is -2.81. The normalized spacial score (nSPS) is 13.6. The smallest absolute Gasteiger partial charge is 0.337 e. The largest absolute Gasteiger partial charge is 0.479 e. The summed E-state index contributed by atoms with van der Waals surface area (Å²) in [6.45, 7) is 0.855. The molecular formula is C12H12N4O5. The second-order valence-electron chi connectivity index (χ2n) is 4.65. The average Bonchev–Trinajstić information content (AvgIpc) is 2.86. The van der Waals surface area contributed by atoms with Crippen LogP contribution in [0, 0.1) is 10.1 Å². The van der Waals surface area contributed by atoms with Crippen molar-refractivity contribution in [2.24, 2.45) is 0 Å². The van der Waals surface area contributed by atoms with Gasteiger partial charge in [-0.1, -0.05) is 12.1 Å². The lowest BCUT2D eigenvalue weighted by Crippen LogP contribution is -2.39. The molecule has 0 saturated heterocycles. The summed E-state index contributed by atoms with van der Waals surface area (Å²) in [6, 6.07) is 5.76. The number of hydrogen-bond acceptors (Lipinski definition) is 6. The van der Waals surface area contributed by atoms with Crippen LogP contribution in [-0.4, -0.2) is 41.5 Å². The van der Waals surface area contributed by atoms with Crippen LogP contribution in [0.3, 0.4) is 0 Å². The number of aliphatic hydroxyl groups is 1. The molecule has 1 aromatic carbocycles. The molecule has 0 fully saturated rings. The van der Waals surface area contributed by atoms with Gasteiger partial charge in [0.2, 0.25) is 0 Å². The van der Waals surface area contributed by atoms with Gasteiger partial charge < -0.3 is 10.2 Å². The quantitative estimate of drug-likeness (QED) is 0.612. The zero-order chi connectivity index (χ0) is 15.6. The molecule has 9 heteroatoms. The molecule has 2 N–H and O–H groups in total. The van der Waals surface area contributed by atoms with Crippen LogP contribution in [0.25, 0.3) is 11.4 Å². The summed E-state index contributed by atoms with van der Waals surface area (Å²) in [7, 11) is 0. The van der Waals surface area contributed by atoms with E-state index >= 15 is 0 Å². The minimum Gasteiger partial charge on any atom is -0.479 e. The zero-order valence-corrected chi connectivity index (χ0v) is 11.0. The van der Waals surface area contributed by atoms with E-state index in [1.165, 1.54) is 29.2 Å². The Balaban J connectivity index is 2.26. The number of rotatable bonds is 5. The molecule has 0 aliphatic rings. The molecule has 0 radical (unpaired) electrons. The van der Waals surface area contributed by atoms with E-state index < -0.39 is 16.5 Å². The van der Waals surface area contributed by atoms with Gasteiger partial charge in [0.05, 0.1) is 11.5 Å². The second-order valence-corrected chi connectivity index (χ2v) is 4.65. The lowest BCUT2D eigenvalue weighted by molar-refractivity contribution is -0.384. The van der Waals surface area contributed by atoms with E-state index in [0.717, 1.165) is 6.92 Å². The minimum atomic E-state index is -1.98. The first-order valence-corrected chi connectivity index (χ1v) is 5.89. The van der Waals surface area contributed by atoms with Crippen LogP contribution in [0.2, 0.25) is 0 Å². The molecular weight excluding hydrogens is 280 g/mol. The number of carboxylic acid groups (broad SMARTS) is 1. The number of hydrogen-bond donors (Lipinski definition) is 2. The van der Waals surface area contributed by atoms with Gasteiger partial charge in [0.1, 0.15) is 6.33 Å². The summed E-state index contributed by atoms with van der Waals surface area (Å²) in [4.78, 5) is 25.0. The number of nitrogens with zero attached hydrogens (tertiary/aromatic N) is 4. The predicted molar refractivity (Wildman–Crippen MR) is 70.4 cm³/mol. The van der Waals surface area contributed by atoms with Gasteiger partial charge in [-0.05, 0) is 6.92 Å². The molecule has 0 saturated carbocycles. The third kappa shape index (κ3) is 3.20. The maximum Gasteiger partial charge on any atom is 0.337 e. The lowest BCUT2D eigenvalue weighted by Gasteiger charge is -2.16. The van der Waals surface area contributed by atoms with E-state index in [1.807, 2.05) is 0 Å². The molecule has 1 heterocycles. The number of carbonyl (C=O) groups is 1. The minimum absolute atomic E-state index is 0.0959. The number of aromatic nitrogens is 3. The summed E-state index contributed by atoms with van der Waals surface area (Å²) in [6.07, 6.45) is 1.26. The van der Waals surface area contributed by atoms with Crippen molar-refractivity contribution in [3.8, 4) is 11.4 Å². The Labute approximate surface area is 118 Å². The number of carboxylic acids is 1. The van der Waals surface area contributed by atoms with Gasteiger partial charge in [-0.3, -0.25) is 10.1 Å². The Kier molecular flexibility index (Phi) is 3.68. The Morgan fingerprint density at radius 2 is 2.24 bits per heavy atom. The molecule has 2 aromatic rings. The Bertz CT molecular complexity index is 694. The highest BCUT2D eigenvalue weighted by Crippen LogP contribution is 2.20. The van der Waals surface area contributed by atoms with E-state index in [4.69, 9.17) is 5.11 Å². The molecule has 0 amide bonds. The molecule has 0 aliphatic heterocycles. The summed E-state index contributed by atoms with van der Waals surface area (Å²) in [5, 5.41) is 33.2. The highest BCUT2D eigenvalue weighted by Gasteiger charge is 2.31. The number of aliphatic carboxylic acids is 1. The van der Waals surface area contributed by atoms with Crippen molar-refractivity contribution in [3.05, 3.63) is 40.7 Å². The Morgan fingerprint density at radius 1 is 1.52 bits per heavy atom. The van der Waals surface area contributed by atoms with E-state index in [-0.39, 0.29) is 18.1 Å². The number of non-ortho nitro benzene ring substituents is 1. The molecule has 0 spiro atoms. The van der Waals surface area contributed by atoms with Gasteiger partial charge in [0.15, 0.2) is 11.4 Å². The van der Waals surface area contributed by atoms with Crippen molar-refractivity contribution in [1.82, 2.24) is 14.8 Å². The van der Waals surface area contributed by atoms with Gasteiger partial charge in [-0.25, -0.2) is 14.5 Å². The zero-order valence-electron chi connectivity index (χ0n) is 11.0. The van der Waals surface area contributed by atoms with Crippen LogP contribution < -0.4 is 0 Å². The monoisotopic (exact) mass is 292 g/mol. The van der Waals surface area contributed by atoms with Crippen LogP contribution in [0.5, 0.6) is 0 Å². The maximum atomic E-state index is 10.8. The van der Waals surface area contributed by atoms with E-state index in [0.29, 0.717) is 5.56 Å². The van der Waals surface area contributed by atoms with Crippen molar-refractivity contribution >= 4 is 11.7 Å². The van der Waals surface area contributed by atoms with Gasteiger partial charge in [0.25, 0.3) is 5.69 Å². The fraction of sp³-hybridized carbons (Fsp3) is 0.250. The van der Waals surface area contributed by atoms with E-state index in [9.17, 15) is 20.0 Å². The fourth-order valence-electron chi connectivity index (χ4n) is 1.64. The summed E-state index contributed by atoms with van der Waals surface area (Å²) in [5.41, 5.74) is -1.65. The molecule has 0 aliphatic carbocycles. The van der Waals surface area contributed by atoms with Crippen LogP contribution >= 0.6 is 0 Å². The molecule has 1 unspecified atom stereocenters. The summed E-state index contributed by atoms with van der Waals surface area (Å²) in [5.74, 6) is -1.17. The van der Waals surface area contributed by atoms with Crippen LogP contribution in [0.1, 0.15) is 6.92 Å². The van der Waals surface area contributed by atoms with Gasteiger partial charge >= 0.3 is 5.97 Å². The summed E-state index contributed by atoms with van der Waals surface area (Å²) < 4.78 is 1.17. The molecule has 1 atom stereocenters. The highest BCUT2D eigenvalue weighted by molar-refractivity contribution is 5.76. The highest BCUT2D eigenvalue weighted by atomic mass is 16.6. The second kappa shape index (κ2) is 5.29. The predicted octanol–water partition coefficient (Wildman–Crippen LogP) is 0.689. The molecule has 9 nitrogen and oxygen atoms in total. The van der Waals surface area contributed by atoms with Gasteiger partial charge in [0, 0.05) is 17.7 Å². The summed E-state index contributed by atoms with van der Waals surface area (Å²) >= 11 is 0. The number of nitro benzene ring substituents is 1. The molecule has 1 aromatic heterocycles. The maximum absolute atomic E-state index is 10.8. The van der Waals surface area contributed by atoms with E-state index in [2.05, 4.69) is 10.1 Å². The van der Waals surface area contributed by atoms with Crippen molar-refractivity contribution in [3.63, 3.8) is 0 Å². The van der Waals surface area contributed by atoms with Crippen molar-refractivity contribution in [1.29, 1.82) is 0 Å².